The molecule has 3 aliphatic heterocycles. The van der Waals surface area contributed by atoms with Gasteiger partial charge in [0, 0.05) is 30.6 Å². The zero-order valence-electron chi connectivity index (χ0n) is 22.3. The lowest BCUT2D eigenvalue weighted by atomic mass is 10.0. The number of carbonyl (C=O) groups excluding carboxylic acids is 4. The lowest BCUT2D eigenvalue weighted by Crippen LogP contribution is -2.52. The smallest absolute Gasteiger partial charge is 0.255 e. The highest BCUT2D eigenvalue weighted by molar-refractivity contribution is 6.05. The molecular weight excluding hydrogens is 438 g/mol. The molecule has 0 saturated carbocycles. The lowest BCUT2D eigenvalue weighted by molar-refractivity contribution is -0.143. The minimum absolute atomic E-state index is 0.00340. The summed E-state index contributed by atoms with van der Waals surface area (Å²) in [5.74, 6) is -2.18. The average Bonchev–Trinajstić information content (AvgIpc) is 3.15. The predicted octanol–water partition coefficient (Wildman–Crippen LogP) is 1.39. The van der Waals surface area contributed by atoms with Gasteiger partial charge in [-0.25, -0.2) is 0 Å². The zero-order valence-corrected chi connectivity index (χ0v) is 18.3. The quantitative estimate of drug-likeness (QED) is 0.644. The number of carbonyl (C=O) groups is 4. The van der Waals surface area contributed by atoms with Crippen molar-refractivity contribution < 1.29 is 34.1 Å². The van der Waals surface area contributed by atoms with Gasteiger partial charge in [-0.1, -0.05) is 30.3 Å². The van der Waals surface area contributed by atoms with E-state index < -0.39 is 48.4 Å². The van der Waals surface area contributed by atoms with Crippen LogP contribution in [0.25, 0.3) is 0 Å². The fourth-order valence-electron chi connectivity index (χ4n) is 4.14. The number of fused-ring (bicyclic) bond motifs is 1. The van der Waals surface area contributed by atoms with E-state index in [1.165, 1.54) is 0 Å². The van der Waals surface area contributed by atoms with E-state index in [1.54, 1.807) is 17.0 Å². The zero-order chi connectivity index (χ0) is 27.1. The minimum atomic E-state index is -1.45. The van der Waals surface area contributed by atoms with Gasteiger partial charge in [0.25, 0.3) is 5.91 Å². The number of nitrogens with zero attached hydrogens (tertiary/aromatic N) is 2. The van der Waals surface area contributed by atoms with Crippen molar-refractivity contribution >= 4 is 23.6 Å². The average molecular weight is 468 g/mol. The molecular formula is C25H25N3O6. The Balaban J connectivity index is 1.37. The van der Waals surface area contributed by atoms with Crippen LogP contribution in [0.3, 0.4) is 0 Å². The van der Waals surface area contributed by atoms with Crippen LogP contribution in [0.1, 0.15) is 45.4 Å². The molecule has 1 N–H and O–H groups in total. The van der Waals surface area contributed by atoms with Crippen molar-refractivity contribution in [3.8, 4) is 5.75 Å². The summed E-state index contributed by atoms with van der Waals surface area (Å²) in [6.45, 7) is 0.0450. The maximum atomic E-state index is 13.3. The van der Waals surface area contributed by atoms with Gasteiger partial charge in [0.15, 0.2) is 0 Å². The molecule has 9 heteroatoms. The van der Waals surface area contributed by atoms with Crippen molar-refractivity contribution in [3.05, 3.63) is 64.6 Å². The Morgan fingerprint density at radius 1 is 1.15 bits per heavy atom. The van der Waals surface area contributed by atoms with Gasteiger partial charge in [0.05, 0.1) is 18.6 Å². The Morgan fingerprint density at radius 3 is 2.71 bits per heavy atom. The predicted molar refractivity (Wildman–Crippen MR) is 119 cm³/mol. The third-order valence-corrected chi connectivity index (χ3v) is 6.00. The van der Waals surface area contributed by atoms with Crippen LogP contribution in [-0.2, 0) is 38.8 Å². The summed E-state index contributed by atoms with van der Waals surface area (Å²) in [5.41, 5.74) is 1.35. The van der Waals surface area contributed by atoms with E-state index >= 15 is 0 Å². The van der Waals surface area contributed by atoms with Crippen molar-refractivity contribution in [3.63, 3.8) is 0 Å². The number of hydrogen-bond acceptors (Lipinski definition) is 6. The molecule has 2 aromatic carbocycles. The van der Waals surface area contributed by atoms with Crippen molar-refractivity contribution in [1.29, 1.82) is 0 Å². The van der Waals surface area contributed by atoms with E-state index in [4.69, 9.17) is 15.0 Å². The van der Waals surface area contributed by atoms with E-state index in [1.807, 2.05) is 12.1 Å². The van der Waals surface area contributed by atoms with Crippen LogP contribution in [0, 0.1) is 0 Å². The third kappa shape index (κ3) is 4.38. The second kappa shape index (κ2) is 9.26. The normalized spacial score (nSPS) is 24.2. The third-order valence-electron chi connectivity index (χ3n) is 6.00. The molecule has 0 bridgehead atoms. The second-order valence-corrected chi connectivity index (χ2v) is 8.27. The van der Waals surface area contributed by atoms with Crippen molar-refractivity contribution in [2.75, 3.05) is 19.8 Å². The van der Waals surface area contributed by atoms with E-state index in [0.29, 0.717) is 25.3 Å². The largest absolute Gasteiger partial charge is 0.489 e. The molecule has 3 heterocycles. The fourth-order valence-corrected chi connectivity index (χ4v) is 4.14. The number of hydrogen-bond donors (Lipinski definition) is 1. The molecule has 2 aromatic rings. The van der Waals surface area contributed by atoms with Crippen LogP contribution in [-0.4, -0.2) is 59.2 Å². The van der Waals surface area contributed by atoms with Crippen LogP contribution in [0.4, 0.5) is 0 Å². The second-order valence-electron chi connectivity index (χ2n) is 8.27. The Kier molecular flexibility index (Phi) is 4.83. The Morgan fingerprint density at radius 2 is 1.94 bits per heavy atom. The van der Waals surface area contributed by atoms with E-state index in [-0.39, 0.29) is 48.8 Å². The van der Waals surface area contributed by atoms with Gasteiger partial charge in [0.1, 0.15) is 25.0 Å². The maximum absolute atomic E-state index is 13.3. The van der Waals surface area contributed by atoms with Crippen molar-refractivity contribution in [2.45, 2.75) is 38.6 Å². The van der Waals surface area contributed by atoms with Crippen LogP contribution in [0.15, 0.2) is 42.4 Å². The molecule has 3 aliphatic rings. The summed E-state index contributed by atoms with van der Waals surface area (Å²) in [6, 6.07) is 4.75. The standard InChI is InChI=1S/C25H25N3O6/c29-22-9-8-20(24(31)26-22)28-13-19-18(25(28)32)2-1-3-21(19)34-14-17-6-4-16(5-7-17)12-27-10-11-33-15-23(27)30/h1-7,20H,8-15H2,(H,26,29,31)/i1D,2D,3D,13D. The fraction of sp³-hybridized carbons (Fsp3) is 0.360. The SMILES string of the molecule is [2H]c1c([2H])c(OCc2ccc(CN3CCOCC3=O)cc2)c2c(c1[2H])C(=O)N(C1CCC(=O)NC1=O)C2[2H]. The monoisotopic (exact) mass is 467 g/mol. The first kappa shape index (κ1) is 17.7. The number of benzene rings is 2. The summed E-state index contributed by atoms with van der Waals surface area (Å²) < 4.78 is 44.6. The Bertz CT molecular complexity index is 1340. The molecule has 176 valence electrons. The topological polar surface area (TPSA) is 105 Å². The summed E-state index contributed by atoms with van der Waals surface area (Å²) in [7, 11) is 0. The molecule has 4 amide bonds. The molecule has 0 radical (unpaired) electrons. The van der Waals surface area contributed by atoms with E-state index in [0.717, 1.165) is 10.5 Å². The van der Waals surface area contributed by atoms with E-state index in [9.17, 15) is 19.2 Å². The lowest BCUT2D eigenvalue weighted by Gasteiger charge is -2.29. The Labute approximate surface area is 202 Å². The van der Waals surface area contributed by atoms with Gasteiger partial charge in [-0.2, -0.15) is 0 Å². The van der Waals surface area contributed by atoms with Gasteiger partial charge in [0.2, 0.25) is 17.7 Å². The molecule has 2 unspecified atom stereocenters. The van der Waals surface area contributed by atoms with E-state index in [2.05, 4.69) is 5.32 Å². The highest BCUT2D eigenvalue weighted by atomic mass is 16.5. The van der Waals surface area contributed by atoms with Gasteiger partial charge >= 0.3 is 0 Å². The van der Waals surface area contributed by atoms with Crippen LogP contribution in [0.2, 0.25) is 0 Å². The van der Waals surface area contributed by atoms with Crippen LogP contribution >= 0.6 is 0 Å². The Hall–Kier alpha value is -3.72. The summed E-state index contributed by atoms with van der Waals surface area (Å²) in [4.78, 5) is 51.9. The molecule has 0 spiro atoms. The number of imide groups is 1. The first-order chi connectivity index (χ1) is 18.2. The first-order valence-electron chi connectivity index (χ1n) is 13.0. The minimum Gasteiger partial charge on any atom is -0.489 e. The molecule has 5 rings (SSSR count). The van der Waals surface area contributed by atoms with Gasteiger partial charge < -0.3 is 19.3 Å². The molecule has 0 aromatic heterocycles. The van der Waals surface area contributed by atoms with Crippen LogP contribution in [0.5, 0.6) is 5.75 Å². The van der Waals surface area contributed by atoms with Gasteiger partial charge in [-0.15, -0.1) is 0 Å². The summed E-state index contributed by atoms with van der Waals surface area (Å²) in [5, 5.41) is 2.17. The highest BCUT2D eigenvalue weighted by Crippen LogP contribution is 2.34. The van der Waals surface area contributed by atoms with Crippen molar-refractivity contribution in [2.24, 2.45) is 0 Å². The summed E-state index contributed by atoms with van der Waals surface area (Å²) in [6.07, 6.45) is 0.0383. The number of amides is 4. The maximum Gasteiger partial charge on any atom is 0.255 e. The molecule has 0 aliphatic carbocycles. The molecule has 2 saturated heterocycles. The number of nitrogens with one attached hydrogen (secondary N) is 1. The first-order valence-corrected chi connectivity index (χ1v) is 11.0. The van der Waals surface area contributed by atoms with Gasteiger partial charge in [-0.05, 0) is 29.6 Å². The molecule has 2 atom stereocenters. The molecule has 34 heavy (non-hydrogen) atoms. The molecule has 9 nitrogen and oxygen atoms in total. The molecule has 2 fully saturated rings. The van der Waals surface area contributed by atoms with Gasteiger partial charge in [-0.3, -0.25) is 24.5 Å². The number of piperidine rings is 1. The highest BCUT2D eigenvalue weighted by Gasteiger charge is 2.40. The van der Waals surface area contributed by atoms with Crippen molar-refractivity contribution in [1.82, 2.24) is 15.1 Å². The number of ether oxygens (including phenoxy) is 2. The number of rotatable bonds is 6. The van der Waals surface area contributed by atoms with Crippen LogP contribution < -0.4 is 10.1 Å². The number of morpholine rings is 1. The summed E-state index contributed by atoms with van der Waals surface area (Å²) >= 11 is 0.